The quantitative estimate of drug-likeness (QED) is 0.609. The SMILES string of the molecule is COc1ccc(CC(C(=O)O)[S+](C)[O-])c(C(N)=O)c1Cc1ccc(C(F)(F)F)cc1. The van der Waals surface area contributed by atoms with Crippen LogP contribution in [0.25, 0.3) is 0 Å². The van der Waals surface area contributed by atoms with Gasteiger partial charge in [0, 0.05) is 24.0 Å². The Balaban J connectivity index is 2.52. The van der Waals surface area contributed by atoms with E-state index in [0.29, 0.717) is 11.1 Å². The molecule has 0 bridgehead atoms. The minimum Gasteiger partial charge on any atom is -0.616 e. The average Bonchev–Trinajstić information content (AvgIpc) is 2.65. The van der Waals surface area contributed by atoms with E-state index in [4.69, 9.17) is 10.5 Å². The number of amides is 1. The summed E-state index contributed by atoms with van der Waals surface area (Å²) >= 11 is -1.71. The smallest absolute Gasteiger partial charge is 0.416 e. The molecule has 2 rings (SSSR count). The number of nitrogens with two attached hydrogens (primary N) is 1. The molecule has 10 heteroatoms. The summed E-state index contributed by atoms with van der Waals surface area (Å²) in [6.45, 7) is 0. The van der Waals surface area contributed by atoms with E-state index in [1.807, 2.05) is 0 Å². The molecule has 0 fully saturated rings. The second kappa shape index (κ2) is 9.40. The van der Waals surface area contributed by atoms with Gasteiger partial charge in [0.2, 0.25) is 11.2 Å². The highest BCUT2D eigenvalue weighted by molar-refractivity contribution is 7.92. The number of hydrogen-bond donors (Lipinski definition) is 2. The summed E-state index contributed by atoms with van der Waals surface area (Å²) in [5.41, 5.74) is 5.78. The zero-order valence-electron chi connectivity index (χ0n) is 16.2. The average molecular weight is 443 g/mol. The van der Waals surface area contributed by atoms with Crippen molar-refractivity contribution < 1.29 is 37.2 Å². The summed E-state index contributed by atoms with van der Waals surface area (Å²) in [7, 11) is 1.36. The Morgan fingerprint density at radius 2 is 1.80 bits per heavy atom. The molecule has 162 valence electrons. The van der Waals surface area contributed by atoms with Gasteiger partial charge in [-0.05, 0) is 40.5 Å². The highest BCUT2D eigenvalue weighted by Gasteiger charge is 2.31. The molecule has 3 N–H and O–H groups in total. The molecule has 0 aromatic heterocycles. The van der Waals surface area contributed by atoms with E-state index in [0.717, 1.165) is 12.1 Å². The molecule has 0 spiro atoms. The number of carboxylic acid groups (broad SMARTS) is 1. The van der Waals surface area contributed by atoms with Gasteiger partial charge in [0.05, 0.1) is 18.9 Å². The van der Waals surface area contributed by atoms with Crippen molar-refractivity contribution in [1.82, 2.24) is 0 Å². The maximum absolute atomic E-state index is 12.8. The van der Waals surface area contributed by atoms with E-state index in [1.165, 1.54) is 37.6 Å². The number of methoxy groups -OCH3 is 1. The Bertz CT molecular complexity index is 929. The number of carbonyl (C=O) groups excluding carboxylic acids is 1. The molecule has 1 amide bonds. The first-order chi connectivity index (χ1) is 14.0. The van der Waals surface area contributed by atoms with Crippen LogP contribution >= 0.6 is 0 Å². The zero-order chi connectivity index (χ0) is 22.6. The highest BCUT2D eigenvalue weighted by atomic mass is 32.2. The maximum atomic E-state index is 12.8. The zero-order valence-corrected chi connectivity index (χ0v) is 17.0. The number of carbonyl (C=O) groups is 2. The lowest BCUT2D eigenvalue weighted by Crippen LogP contribution is -2.32. The van der Waals surface area contributed by atoms with Gasteiger partial charge in [-0.15, -0.1) is 0 Å². The van der Waals surface area contributed by atoms with Crippen molar-refractivity contribution in [3.8, 4) is 5.75 Å². The van der Waals surface area contributed by atoms with E-state index < -0.39 is 40.0 Å². The molecule has 0 aliphatic rings. The van der Waals surface area contributed by atoms with Crippen LogP contribution in [0, 0.1) is 0 Å². The Morgan fingerprint density at radius 3 is 2.23 bits per heavy atom. The molecule has 30 heavy (non-hydrogen) atoms. The number of rotatable bonds is 8. The van der Waals surface area contributed by atoms with Crippen molar-refractivity contribution in [2.45, 2.75) is 24.3 Å². The van der Waals surface area contributed by atoms with E-state index >= 15 is 0 Å². The summed E-state index contributed by atoms with van der Waals surface area (Å²) in [6.07, 6.45) is -3.41. The fraction of sp³-hybridized carbons (Fsp3) is 0.300. The van der Waals surface area contributed by atoms with Crippen LogP contribution in [0.5, 0.6) is 5.75 Å². The number of primary amides is 1. The predicted molar refractivity (Wildman–Crippen MR) is 105 cm³/mol. The van der Waals surface area contributed by atoms with Gasteiger partial charge in [-0.2, -0.15) is 13.2 Å². The van der Waals surface area contributed by atoms with Crippen LogP contribution < -0.4 is 10.5 Å². The van der Waals surface area contributed by atoms with E-state index in [1.54, 1.807) is 0 Å². The molecule has 0 saturated heterocycles. The van der Waals surface area contributed by atoms with Gasteiger partial charge in [0.15, 0.2) is 0 Å². The molecular weight excluding hydrogens is 423 g/mol. The van der Waals surface area contributed by atoms with Gasteiger partial charge in [-0.25, -0.2) is 4.79 Å². The Kier molecular flexibility index (Phi) is 7.38. The van der Waals surface area contributed by atoms with E-state index in [-0.39, 0.29) is 29.7 Å². The minimum atomic E-state index is -4.48. The summed E-state index contributed by atoms with van der Waals surface area (Å²) in [5, 5.41) is 8.05. The fourth-order valence-corrected chi connectivity index (χ4v) is 3.78. The number of aliphatic carboxylic acids is 1. The van der Waals surface area contributed by atoms with Gasteiger partial charge < -0.3 is 20.1 Å². The topological polar surface area (TPSA) is 113 Å². The molecule has 0 aliphatic carbocycles. The van der Waals surface area contributed by atoms with Crippen molar-refractivity contribution in [2.24, 2.45) is 5.73 Å². The molecule has 2 aromatic rings. The van der Waals surface area contributed by atoms with Crippen LogP contribution in [0.1, 0.15) is 32.6 Å². The third-order valence-electron chi connectivity index (χ3n) is 4.57. The van der Waals surface area contributed by atoms with Crippen molar-refractivity contribution in [2.75, 3.05) is 13.4 Å². The first-order valence-electron chi connectivity index (χ1n) is 8.65. The predicted octanol–water partition coefficient (Wildman–Crippen LogP) is 2.78. The van der Waals surface area contributed by atoms with Crippen LogP contribution in [0.4, 0.5) is 13.2 Å². The molecule has 0 saturated carbocycles. The third-order valence-corrected chi connectivity index (χ3v) is 5.74. The second-order valence-electron chi connectivity index (χ2n) is 6.55. The number of benzene rings is 2. The highest BCUT2D eigenvalue weighted by Crippen LogP contribution is 2.32. The van der Waals surface area contributed by atoms with Gasteiger partial charge >= 0.3 is 12.1 Å². The molecule has 2 atom stereocenters. The molecular formula is C20H20F3NO5S. The van der Waals surface area contributed by atoms with Crippen molar-refractivity contribution >= 4 is 23.1 Å². The van der Waals surface area contributed by atoms with Gasteiger partial charge in [0.25, 0.3) is 0 Å². The van der Waals surface area contributed by atoms with Gasteiger partial charge in [-0.3, -0.25) is 4.79 Å². The van der Waals surface area contributed by atoms with Crippen LogP contribution in [-0.2, 0) is 35.0 Å². The number of halogens is 3. The van der Waals surface area contributed by atoms with Crippen LogP contribution in [0.15, 0.2) is 36.4 Å². The Hall–Kier alpha value is -2.72. The minimum absolute atomic E-state index is 0.00551. The summed E-state index contributed by atoms with van der Waals surface area (Å²) in [5.74, 6) is -1.86. The Morgan fingerprint density at radius 1 is 1.20 bits per heavy atom. The van der Waals surface area contributed by atoms with E-state index in [9.17, 15) is 32.4 Å². The second-order valence-corrected chi connectivity index (χ2v) is 8.11. The molecule has 0 radical (unpaired) electrons. The largest absolute Gasteiger partial charge is 0.616 e. The monoisotopic (exact) mass is 443 g/mol. The first-order valence-corrected chi connectivity index (χ1v) is 10.3. The van der Waals surface area contributed by atoms with Gasteiger partial charge in [0.1, 0.15) is 5.75 Å². The van der Waals surface area contributed by atoms with Crippen molar-refractivity contribution in [1.29, 1.82) is 0 Å². The van der Waals surface area contributed by atoms with Crippen LogP contribution in [-0.4, -0.2) is 40.2 Å². The van der Waals surface area contributed by atoms with Crippen LogP contribution in [0.3, 0.4) is 0 Å². The number of carboxylic acids is 1. The van der Waals surface area contributed by atoms with Crippen molar-refractivity contribution in [3.63, 3.8) is 0 Å². The molecule has 0 heterocycles. The fourth-order valence-electron chi connectivity index (χ4n) is 3.08. The Labute approximate surface area is 174 Å². The number of alkyl halides is 3. The molecule has 2 aromatic carbocycles. The van der Waals surface area contributed by atoms with Crippen LogP contribution in [0.2, 0.25) is 0 Å². The molecule has 6 nitrogen and oxygen atoms in total. The lowest BCUT2D eigenvalue weighted by molar-refractivity contribution is -0.138. The van der Waals surface area contributed by atoms with Gasteiger partial charge in [-0.1, -0.05) is 18.2 Å². The summed E-state index contributed by atoms with van der Waals surface area (Å²) in [6, 6.07) is 7.39. The normalized spacial score (nSPS) is 13.5. The molecule has 0 aliphatic heterocycles. The number of hydrogen-bond acceptors (Lipinski definition) is 4. The summed E-state index contributed by atoms with van der Waals surface area (Å²) < 4.78 is 55.4. The van der Waals surface area contributed by atoms with Crippen molar-refractivity contribution in [3.05, 3.63) is 64.2 Å². The lowest BCUT2D eigenvalue weighted by Gasteiger charge is -2.19. The standard InChI is InChI=1S/C20H20F3NO5S/c1-29-15-8-5-12(10-16(19(26)27)30(2)28)17(18(24)25)14(15)9-11-3-6-13(7-4-11)20(21,22)23/h3-8,16H,9-10H2,1-2H3,(H2,24,25)(H,26,27). The summed E-state index contributed by atoms with van der Waals surface area (Å²) in [4.78, 5) is 23.6. The number of ether oxygens (including phenoxy) is 1. The molecule has 2 unspecified atom stereocenters. The maximum Gasteiger partial charge on any atom is 0.416 e. The third kappa shape index (κ3) is 5.45. The first kappa shape index (κ1) is 23.6. The van der Waals surface area contributed by atoms with E-state index in [2.05, 4.69) is 0 Å². The lowest BCUT2D eigenvalue weighted by atomic mass is 9.92.